The molecule has 2 aromatic rings. The van der Waals surface area contributed by atoms with E-state index < -0.39 is 0 Å². The molecule has 1 heterocycles. The van der Waals surface area contributed by atoms with E-state index in [1.165, 1.54) is 16.9 Å². The highest BCUT2D eigenvalue weighted by Crippen LogP contribution is 2.27. The summed E-state index contributed by atoms with van der Waals surface area (Å²) in [5.74, 6) is -0.221. The summed E-state index contributed by atoms with van der Waals surface area (Å²) in [7, 11) is 0. The molecule has 1 aromatic heterocycles. The maximum Gasteiger partial charge on any atom is 0.312 e. The van der Waals surface area contributed by atoms with E-state index in [2.05, 4.69) is 50.0 Å². The summed E-state index contributed by atoms with van der Waals surface area (Å²) in [6.07, 6.45) is 0.249. The van der Waals surface area contributed by atoms with Gasteiger partial charge < -0.3 is 4.74 Å². The molecule has 0 aliphatic heterocycles. The number of ether oxygens (including phenoxy) is 1. The van der Waals surface area contributed by atoms with Gasteiger partial charge in [-0.05, 0) is 17.9 Å². The van der Waals surface area contributed by atoms with Crippen LogP contribution < -0.4 is 0 Å². The number of hydrogen-bond acceptors (Lipinski definition) is 4. The van der Waals surface area contributed by atoms with Crippen LogP contribution in [0, 0.1) is 0 Å². The fraction of sp³-hybridized carbons (Fsp3) is 0.412. The number of nitrogens with zero attached hydrogens (tertiary/aromatic N) is 1. The van der Waals surface area contributed by atoms with E-state index >= 15 is 0 Å². The monoisotopic (exact) mass is 303 g/mol. The Labute approximate surface area is 130 Å². The van der Waals surface area contributed by atoms with Crippen LogP contribution in [-0.4, -0.2) is 17.6 Å². The summed E-state index contributed by atoms with van der Waals surface area (Å²) < 4.78 is 4.94. The Kier molecular flexibility index (Phi) is 4.78. The molecule has 21 heavy (non-hydrogen) atoms. The first-order valence-electron chi connectivity index (χ1n) is 7.11. The number of aromatic nitrogens is 1. The van der Waals surface area contributed by atoms with E-state index in [1.54, 1.807) is 0 Å². The van der Waals surface area contributed by atoms with Gasteiger partial charge in [-0.1, -0.05) is 45.0 Å². The molecule has 0 radical (unpaired) electrons. The normalized spacial score (nSPS) is 11.4. The minimum Gasteiger partial charge on any atom is -0.466 e. The number of carbonyl (C=O) groups excluding carboxylic acids is 1. The molecule has 0 saturated carbocycles. The number of benzene rings is 1. The van der Waals surface area contributed by atoms with Crippen LogP contribution in [0.1, 0.15) is 38.3 Å². The average molecular weight is 303 g/mol. The molecule has 0 amide bonds. The summed E-state index contributed by atoms with van der Waals surface area (Å²) in [6.45, 7) is 8.81. The van der Waals surface area contributed by atoms with E-state index in [4.69, 9.17) is 4.74 Å². The third-order valence-electron chi connectivity index (χ3n) is 3.20. The quantitative estimate of drug-likeness (QED) is 0.794. The van der Waals surface area contributed by atoms with Crippen LogP contribution in [0.3, 0.4) is 0 Å². The predicted octanol–water partition coefficient (Wildman–Crippen LogP) is 4.21. The molecule has 3 nitrogen and oxygen atoms in total. The average Bonchev–Trinajstić information content (AvgIpc) is 2.86. The zero-order valence-corrected chi connectivity index (χ0v) is 13.8. The Bertz CT molecular complexity index is 608. The zero-order chi connectivity index (χ0) is 15.5. The lowest BCUT2D eigenvalue weighted by Gasteiger charge is -2.18. The number of rotatable bonds is 4. The smallest absolute Gasteiger partial charge is 0.312 e. The van der Waals surface area contributed by atoms with Gasteiger partial charge in [0, 0.05) is 10.9 Å². The van der Waals surface area contributed by atoms with E-state index in [-0.39, 0.29) is 17.8 Å². The molecule has 0 N–H and O–H groups in total. The lowest BCUT2D eigenvalue weighted by atomic mass is 9.86. The van der Waals surface area contributed by atoms with E-state index in [0.717, 1.165) is 16.3 Å². The van der Waals surface area contributed by atoms with Crippen molar-refractivity contribution < 1.29 is 9.53 Å². The van der Waals surface area contributed by atoms with Gasteiger partial charge in [0.25, 0.3) is 0 Å². The van der Waals surface area contributed by atoms with Crippen molar-refractivity contribution in [3.8, 4) is 11.3 Å². The van der Waals surface area contributed by atoms with E-state index in [1.807, 2.05) is 12.3 Å². The second-order valence-corrected chi connectivity index (χ2v) is 6.88. The highest BCUT2D eigenvalue weighted by molar-refractivity contribution is 7.10. The predicted molar refractivity (Wildman–Crippen MR) is 86.6 cm³/mol. The summed E-state index contributed by atoms with van der Waals surface area (Å²) in [6, 6.07) is 8.45. The zero-order valence-electron chi connectivity index (χ0n) is 13.0. The molecule has 0 unspecified atom stereocenters. The Morgan fingerprint density at radius 2 is 1.90 bits per heavy atom. The van der Waals surface area contributed by atoms with Crippen molar-refractivity contribution >= 4 is 17.3 Å². The van der Waals surface area contributed by atoms with Crippen molar-refractivity contribution in [2.45, 2.75) is 39.5 Å². The summed E-state index contributed by atoms with van der Waals surface area (Å²) in [5.41, 5.74) is 3.44. The van der Waals surface area contributed by atoms with Gasteiger partial charge in [0.05, 0.1) is 18.7 Å². The van der Waals surface area contributed by atoms with Crippen LogP contribution in [0.15, 0.2) is 29.6 Å². The molecule has 0 fully saturated rings. The standard InChI is InChI=1S/C17H21NO2S/c1-5-20-16(19)10-15-18-14(11-21-15)12-6-8-13(9-7-12)17(2,3)4/h6-9,11H,5,10H2,1-4H3. The molecule has 112 valence electrons. The van der Waals surface area contributed by atoms with E-state index in [0.29, 0.717) is 6.61 Å². The van der Waals surface area contributed by atoms with Crippen molar-refractivity contribution in [1.29, 1.82) is 0 Å². The molecule has 0 aliphatic rings. The lowest BCUT2D eigenvalue weighted by molar-refractivity contribution is -0.142. The number of carbonyl (C=O) groups is 1. The summed E-state index contributed by atoms with van der Waals surface area (Å²) in [4.78, 5) is 16.0. The topological polar surface area (TPSA) is 39.2 Å². The Morgan fingerprint density at radius 3 is 2.48 bits per heavy atom. The second-order valence-electron chi connectivity index (χ2n) is 5.94. The van der Waals surface area contributed by atoms with E-state index in [9.17, 15) is 4.79 Å². The van der Waals surface area contributed by atoms with Gasteiger partial charge in [-0.3, -0.25) is 4.79 Å². The van der Waals surface area contributed by atoms with Crippen molar-refractivity contribution in [2.24, 2.45) is 0 Å². The Hall–Kier alpha value is -1.68. The maximum atomic E-state index is 11.5. The fourth-order valence-corrected chi connectivity index (χ4v) is 2.79. The molecule has 0 bridgehead atoms. The first kappa shape index (κ1) is 15.7. The van der Waals surface area contributed by atoms with Crippen molar-refractivity contribution in [3.63, 3.8) is 0 Å². The molecule has 2 rings (SSSR count). The number of esters is 1. The SMILES string of the molecule is CCOC(=O)Cc1nc(-c2ccc(C(C)(C)C)cc2)cs1. The lowest BCUT2D eigenvalue weighted by Crippen LogP contribution is -2.10. The highest BCUT2D eigenvalue weighted by Gasteiger charge is 2.14. The molecule has 4 heteroatoms. The minimum atomic E-state index is -0.221. The number of hydrogen-bond donors (Lipinski definition) is 0. The van der Waals surface area contributed by atoms with Crippen LogP contribution in [0.5, 0.6) is 0 Å². The van der Waals surface area contributed by atoms with Gasteiger partial charge in [0.1, 0.15) is 5.01 Å². The Balaban J connectivity index is 2.12. The maximum absolute atomic E-state index is 11.5. The van der Waals surface area contributed by atoms with Crippen LogP contribution in [0.4, 0.5) is 0 Å². The van der Waals surface area contributed by atoms with Crippen LogP contribution in [0.25, 0.3) is 11.3 Å². The minimum absolute atomic E-state index is 0.148. The van der Waals surface area contributed by atoms with Crippen molar-refractivity contribution in [1.82, 2.24) is 4.98 Å². The van der Waals surface area contributed by atoms with Gasteiger partial charge in [-0.2, -0.15) is 0 Å². The largest absolute Gasteiger partial charge is 0.466 e. The summed E-state index contributed by atoms with van der Waals surface area (Å²) >= 11 is 1.50. The van der Waals surface area contributed by atoms with Gasteiger partial charge in [-0.25, -0.2) is 4.98 Å². The molecule has 0 atom stereocenters. The second kappa shape index (κ2) is 6.39. The molecule has 1 aromatic carbocycles. The first-order chi connectivity index (χ1) is 9.90. The molecule has 0 spiro atoms. The van der Waals surface area contributed by atoms with Crippen LogP contribution >= 0.6 is 11.3 Å². The van der Waals surface area contributed by atoms with Crippen molar-refractivity contribution in [2.75, 3.05) is 6.61 Å². The van der Waals surface area contributed by atoms with Crippen molar-refractivity contribution in [3.05, 3.63) is 40.2 Å². The molecule has 0 aliphatic carbocycles. The number of thiazole rings is 1. The van der Waals surface area contributed by atoms with Gasteiger partial charge >= 0.3 is 5.97 Å². The van der Waals surface area contributed by atoms with Gasteiger partial charge in [-0.15, -0.1) is 11.3 Å². The first-order valence-corrected chi connectivity index (χ1v) is 7.99. The van der Waals surface area contributed by atoms with Gasteiger partial charge in [0.15, 0.2) is 0 Å². The van der Waals surface area contributed by atoms with Gasteiger partial charge in [0.2, 0.25) is 0 Å². The Morgan fingerprint density at radius 1 is 1.24 bits per heavy atom. The highest BCUT2D eigenvalue weighted by atomic mass is 32.1. The fourth-order valence-electron chi connectivity index (χ4n) is 2.00. The van der Waals surface area contributed by atoms with Crippen LogP contribution in [-0.2, 0) is 21.4 Å². The molecular weight excluding hydrogens is 282 g/mol. The third-order valence-corrected chi connectivity index (χ3v) is 4.05. The molecular formula is C17H21NO2S. The summed E-state index contributed by atoms with van der Waals surface area (Å²) in [5, 5.41) is 2.78. The third kappa shape index (κ3) is 4.14. The van der Waals surface area contributed by atoms with Crippen LogP contribution in [0.2, 0.25) is 0 Å². The molecule has 0 saturated heterocycles.